The average molecular weight is 449 g/mol. The number of halogens is 2. The third kappa shape index (κ3) is 2.67. The van der Waals surface area contributed by atoms with Gasteiger partial charge in [-0.25, -0.2) is 4.98 Å². The van der Waals surface area contributed by atoms with Crippen LogP contribution in [0.3, 0.4) is 0 Å². The van der Waals surface area contributed by atoms with E-state index in [1.807, 2.05) is 6.07 Å². The number of rotatable bonds is 2. The lowest BCUT2D eigenvalue weighted by atomic mass is 10.1. The van der Waals surface area contributed by atoms with Crippen LogP contribution in [-0.4, -0.2) is 16.0 Å². The van der Waals surface area contributed by atoms with Crippen molar-refractivity contribution < 1.29 is 0 Å². The van der Waals surface area contributed by atoms with Crippen molar-refractivity contribution in [1.82, 2.24) is 9.97 Å². The standard InChI is InChI=1S/C18H15Br2N3O/c1-10-6-11-4-2-3-5-15(11)23(10)9-16-21-17-13(18(24)22-16)7-12(19)8-14(17)20/h2-5,7-8,10H,6,9H2,1H3,(H,21,22,24)/t10-/m0/s1. The van der Waals surface area contributed by atoms with E-state index < -0.39 is 0 Å². The Morgan fingerprint density at radius 3 is 2.92 bits per heavy atom. The fourth-order valence-electron chi connectivity index (χ4n) is 3.32. The molecule has 0 unspecified atom stereocenters. The molecule has 1 atom stereocenters. The Labute approximate surface area is 156 Å². The summed E-state index contributed by atoms with van der Waals surface area (Å²) in [5.41, 5.74) is 3.15. The average Bonchev–Trinajstić information content (AvgIpc) is 2.85. The summed E-state index contributed by atoms with van der Waals surface area (Å²) in [6, 6.07) is 12.5. The van der Waals surface area contributed by atoms with Gasteiger partial charge in [0.2, 0.25) is 0 Å². The molecule has 24 heavy (non-hydrogen) atoms. The molecule has 0 saturated heterocycles. The molecule has 1 aromatic heterocycles. The molecule has 0 aliphatic carbocycles. The van der Waals surface area contributed by atoms with Crippen LogP contribution in [0.25, 0.3) is 10.9 Å². The predicted molar refractivity (Wildman–Crippen MR) is 104 cm³/mol. The molecule has 4 rings (SSSR count). The fourth-order valence-corrected chi connectivity index (χ4v) is 4.63. The van der Waals surface area contributed by atoms with Crippen LogP contribution < -0.4 is 10.5 Å². The Balaban J connectivity index is 1.77. The molecule has 0 saturated carbocycles. The first-order valence-electron chi connectivity index (χ1n) is 7.75. The largest absolute Gasteiger partial charge is 0.361 e. The van der Waals surface area contributed by atoms with Gasteiger partial charge >= 0.3 is 0 Å². The molecule has 0 spiro atoms. The quantitative estimate of drug-likeness (QED) is 0.632. The van der Waals surface area contributed by atoms with Gasteiger partial charge in [0, 0.05) is 20.7 Å². The summed E-state index contributed by atoms with van der Waals surface area (Å²) < 4.78 is 1.66. The van der Waals surface area contributed by atoms with E-state index in [4.69, 9.17) is 0 Å². The fraction of sp³-hybridized carbons (Fsp3) is 0.222. The number of aromatic nitrogens is 2. The summed E-state index contributed by atoms with van der Waals surface area (Å²) in [7, 11) is 0. The normalized spacial score (nSPS) is 16.6. The van der Waals surface area contributed by atoms with E-state index in [1.54, 1.807) is 6.07 Å². The van der Waals surface area contributed by atoms with Crippen molar-refractivity contribution in [2.75, 3.05) is 4.90 Å². The van der Waals surface area contributed by atoms with Gasteiger partial charge in [0.05, 0.1) is 17.4 Å². The van der Waals surface area contributed by atoms with Gasteiger partial charge in [-0.1, -0.05) is 34.1 Å². The summed E-state index contributed by atoms with van der Waals surface area (Å²) >= 11 is 6.92. The highest BCUT2D eigenvalue weighted by Gasteiger charge is 2.26. The van der Waals surface area contributed by atoms with E-state index in [-0.39, 0.29) is 5.56 Å². The van der Waals surface area contributed by atoms with E-state index in [9.17, 15) is 4.79 Å². The van der Waals surface area contributed by atoms with E-state index in [0.29, 0.717) is 29.3 Å². The van der Waals surface area contributed by atoms with Crippen molar-refractivity contribution >= 4 is 48.5 Å². The van der Waals surface area contributed by atoms with E-state index in [0.717, 1.165) is 15.4 Å². The number of para-hydroxylation sites is 1. The van der Waals surface area contributed by atoms with E-state index >= 15 is 0 Å². The zero-order valence-corrected chi connectivity index (χ0v) is 16.2. The molecule has 2 heterocycles. The summed E-state index contributed by atoms with van der Waals surface area (Å²) in [5.74, 6) is 0.680. The molecule has 0 radical (unpaired) electrons. The lowest BCUT2D eigenvalue weighted by Crippen LogP contribution is -2.30. The first kappa shape index (κ1) is 15.8. The molecule has 2 aromatic carbocycles. The number of anilines is 1. The van der Waals surface area contributed by atoms with Gasteiger partial charge in [0.15, 0.2) is 0 Å². The molecule has 122 valence electrons. The third-order valence-electron chi connectivity index (χ3n) is 4.45. The first-order chi connectivity index (χ1) is 11.5. The predicted octanol–water partition coefficient (Wildman–Crippen LogP) is 4.40. The molecular formula is C18H15Br2N3O. The SMILES string of the molecule is C[C@H]1Cc2ccccc2N1Cc1nc2c(Br)cc(Br)cc2c(=O)[nH]1. The van der Waals surface area contributed by atoms with Crippen LogP contribution in [-0.2, 0) is 13.0 Å². The van der Waals surface area contributed by atoms with Gasteiger partial charge in [0.25, 0.3) is 5.56 Å². The highest BCUT2D eigenvalue weighted by Crippen LogP contribution is 2.33. The van der Waals surface area contributed by atoms with Gasteiger partial charge in [0.1, 0.15) is 5.82 Å². The zero-order valence-electron chi connectivity index (χ0n) is 13.0. The Kier molecular flexibility index (Phi) is 3.96. The molecule has 1 N–H and O–H groups in total. The Morgan fingerprint density at radius 2 is 2.08 bits per heavy atom. The lowest BCUT2D eigenvalue weighted by Gasteiger charge is -2.24. The number of nitrogens with zero attached hydrogens (tertiary/aromatic N) is 2. The smallest absolute Gasteiger partial charge is 0.258 e. The summed E-state index contributed by atoms with van der Waals surface area (Å²) in [6.45, 7) is 2.79. The van der Waals surface area contributed by atoms with Gasteiger partial charge < -0.3 is 9.88 Å². The number of hydrogen-bond donors (Lipinski definition) is 1. The number of benzene rings is 2. The third-order valence-corrected chi connectivity index (χ3v) is 5.51. The maximum atomic E-state index is 12.4. The topological polar surface area (TPSA) is 49.0 Å². The van der Waals surface area contributed by atoms with E-state index in [1.165, 1.54) is 11.3 Å². The summed E-state index contributed by atoms with van der Waals surface area (Å²) in [5, 5.41) is 0.579. The maximum absolute atomic E-state index is 12.4. The number of aromatic amines is 1. The van der Waals surface area contributed by atoms with Crippen molar-refractivity contribution in [2.24, 2.45) is 0 Å². The number of nitrogens with one attached hydrogen (secondary N) is 1. The van der Waals surface area contributed by atoms with Crippen molar-refractivity contribution in [1.29, 1.82) is 0 Å². The monoisotopic (exact) mass is 447 g/mol. The van der Waals surface area contributed by atoms with Crippen molar-refractivity contribution in [3.8, 4) is 0 Å². The van der Waals surface area contributed by atoms with Crippen LogP contribution in [0.15, 0.2) is 50.1 Å². The van der Waals surface area contributed by atoms with Crippen LogP contribution in [0, 0.1) is 0 Å². The number of H-pyrrole nitrogens is 1. The van der Waals surface area contributed by atoms with Crippen molar-refractivity contribution in [2.45, 2.75) is 25.9 Å². The minimum atomic E-state index is -0.114. The van der Waals surface area contributed by atoms with Gasteiger partial charge in [-0.05, 0) is 53.0 Å². The van der Waals surface area contributed by atoms with Crippen LogP contribution in [0.1, 0.15) is 18.3 Å². The van der Waals surface area contributed by atoms with Gasteiger partial charge in [-0.15, -0.1) is 0 Å². The van der Waals surface area contributed by atoms with Gasteiger partial charge in [-0.3, -0.25) is 4.79 Å². The lowest BCUT2D eigenvalue weighted by molar-refractivity contribution is 0.655. The Bertz CT molecular complexity index is 999. The summed E-state index contributed by atoms with van der Waals surface area (Å²) in [4.78, 5) is 22.4. The van der Waals surface area contributed by atoms with Gasteiger partial charge in [-0.2, -0.15) is 0 Å². The van der Waals surface area contributed by atoms with Crippen LogP contribution in [0.4, 0.5) is 5.69 Å². The maximum Gasteiger partial charge on any atom is 0.258 e. The highest BCUT2D eigenvalue weighted by molar-refractivity contribution is 9.11. The molecule has 4 nitrogen and oxygen atoms in total. The molecule has 1 aliphatic rings. The second-order valence-corrected chi connectivity index (χ2v) is 7.88. The van der Waals surface area contributed by atoms with Crippen molar-refractivity contribution in [3.05, 3.63) is 67.1 Å². The molecular weight excluding hydrogens is 434 g/mol. The van der Waals surface area contributed by atoms with Crippen LogP contribution in [0.2, 0.25) is 0 Å². The molecule has 6 heteroatoms. The minimum Gasteiger partial charge on any atom is -0.361 e. The second kappa shape index (κ2) is 6.01. The summed E-state index contributed by atoms with van der Waals surface area (Å²) in [6.07, 6.45) is 1.02. The van der Waals surface area contributed by atoms with E-state index in [2.05, 4.69) is 77.9 Å². The molecule has 1 aliphatic heterocycles. The zero-order chi connectivity index (χ0) is 16.8. The van der Waals surface area contributed by atoms with Crippen LogP contribution >= 0.6 is 31.9 Å². The Hall–Kier alpha value is -1.66. The highest BCUT2D eigenvalue weighted by atomic mass is 79.9. The molecule has 0 amide bonds. The Morgan fingerprint density at radius 1 is 1.29 bits per heavy atom. The minimum absolute atomic E-state index is 0.114. The number of hydrogen-bond acceptors (Lipinski definition) is 3. The first-order valence-corrected chi connectivity index (χ1v) is 9.34. The molecule has 0 fully saturated rings. The van der Waals surface area contributed by atoms with Crippen molar-refractivity contribution in [3.63, 3.8) is 0 Å². The molecule has 3 aromatic rings. The van der Waals surface area contributed by atoms with Crippen LogP contribution in [0.5, 0.6) is 0 Å². The molecule has 0 bridgehead atoms. The second-order valence-electron chi connectivity index (χ2n) is 6.11. The number of fused-ring (bicyclic) bond motifs is 2.